The molecule has 2 amide bonds. The average Bonchev–Trinajstić information content (AvgIpc) is 2.76. The van der Waals surface area contributed by atoms with E-state index in [2.05, 4.69) is 18.3 Å². The van der Waals surface area contributed by atoms with E-state index < -0.39 is 0 Å². The SMILES string of the molecule is C[C@H]1CSCCN(C(=O)NCCOc2ccc(C#N)cc2)C1. The van der Waals surface area contributed by atoms with E-state index in [0.717, 1.165) is 24.6 Å². The molecule has 1 N–H and O–H groups in total. The van der Waals surface area contributed by atoms with Crippen molar-refractivity contribution in [2.45, 2.75) is 6.92 Å². The molecule has 118 valence electrons. The molecule has 1 saturated heterocycles. The van der Waals surface area contributed by atoms with Crippen LogP contribution in [0.5, 0.6) is 5.75 Å². The number of nitriles is 1. The van der Waals surface area contributed by atoms with Crippen LogP contribution in [0.1, 0.15) is 12.5 Å². The molecular weight excluding hydrogens is 298 g/mol. The molecule has 0 saturated carbocycles. The molecule has 1 fully saturated rings. The van der Waals surface area contributed by atoms with E-state index in [1.165, 1.54) is 0 Å². The summed E-state index contributed by atoms with van der Waals surface area (Å²) in [6.07, 6.45) is 0. The van der Waals surface area contributed by atoms with Crippen molar-refractivity contribution in [1.82, 2.24) is 10.2 Å². The number of nitrogens with zero attached hydrogens (tertiary/aromatic N) is 2. The Morgan fingerprint density at radius 2 is 2.27 bits per heavy atom. The average molecular weight is 319 g/mol. The maximum absolute atomic E-state index is 12.1. The van der Waals surface area contributed by atoms with Crippen molar-refractivity contribution in [3.63, 3.8) is 0 Å². The second-order valence-electron chi connectivity index (χ2n) is 5.34. The van der Waals surface area contributed by atoms with E-state index in [1.54, 1.807) is 24.3 Å². The molecule has 6 heteroatoms. The zero-order valence-electron chi connectivity index (χ0n) is 12.7. The van der Waals surface area contributed by atoms with Gasteiger partial charge in [-0.3, -0.25) is 0 Å². The quantitative estimate of drug-likeness (QED) is 0.865. The highest BCUT2D eigenvalue weighted by Gasteiger charge is 2.19. The van der Waals surface area contributed by atoms with Crippen molar-refractivity contribution in [1.29, 1.82) is 5.26 Å². The van der Waals surface area contributed by atoms with Gasteiger partial charge in [0.2, 0.25) is 0 Å². The Hall–Kier alpha value is -1.87. The fraction of sp³-hybridized carbons (Fsp3) is 0.500. The minimum absolute atomic E-state index is 0.0159. The smallest absolute Gasteiger partial charge is 0.317 e. The first-order valence-electron chi connectivity index (χ1n) is 7.42. The summed E-state index contributed by atoms with van der Waals surface area (Å²) in [6.45, 7) is 4.67. The van der Waals surface area contributed by atoms with Crippen LogP contribution in [0.2, 0.25) is 0 Å². The second kappa shape index (κ2) is 8.54. The lowest BCUT2D eigenvalue weighted by molar-refractivity contribution is 0.193. The lowest BCUT2D eigenvalue weighted by Crippen LogP contribution is -2.43. The molecule has 0 bridgehead atoms. The minimum atomic E-state index is -0.0159. The van der Waals surface area contributed by atoms with Crippen molar-refractivity contribution in [2.75, 3.05) is 37.7 Å². The molecule has 22 heavy (non-hydrogen) atoms. The van der Waals surface area contributed by atoms with Crippen molar-refractivity contribution < 1.29 is 9.53 Å². The largest absolute Gasteiger partial charge is 0.492 e. The summed E-state index contributed by atoms with van der Waals surface area (Å²) < 4.78 is 5.54. The third-order valence-corrected chi connectivity index (χ3v) is 4.63. The summed E-state index contributed by atoms with van der Waals surface area (Å²) in [7, 11) is 0. The minimum Gasteiger partial charge on any atom is -0.492 e. The molecule has 1 atom stereocenters. The van der Waals surface area contributed by atoms with Crippen molar-refractivity contribution in [3.8, 4) is 11.8 Å². The molecule has 5 nitrogen and oxygen atoms in total. The fourth-order valence-corrected chi connectivity index (χ4v) is 3.25. The molecule has 1 aromatic rings. The Kier molecular flexibility index (Phi) is 6.41. The van der Waals surface area contributed by atoms with Crippen LogP contribution in [0.15, 0.2) is 24.3 Å². The van der Waals surface area contributed by atoms with Crippen molar-refractivity contribution in [2.24, 2.45) is 5.92 Å². The Labute approximate surface area is 135 Å². The van der Waals surface area contributed by atoms with E-state index in [1.807, 2.05) is 16.7 Å². The van der Waals surface area contributed by atoms with Gasteiger partial charge in [0.05, 0.1) is 18.2 Å². The van der Waals surface area contributed by atoms with Gasteiger partial charge < -0.3 is 15.0 Å². The second-order valence-corrected chi connectivity index (χ2v) is 6.49. The van der Waals surface area contributed by atoms with Gasteiger partial charge in [-0.05, 0) is 35.9 Å². The van der Waals surface area contributed by atoms with E-state index in [0.29, 0.717) is 30.4 Å². The van der Waals surface area contributed by atoms with Crippen LogP contribution in [-0.2, 0) is 0 Å². The number of rotatable bonds is 4. The van der Waals surface area contributed by atoms with Gasteiger partial charge >= 0.3 is 6.03 Å². The summed E-state index contributed by atoms with van der Waals surface area (Å²) in [4.78, 5) is 14.0. The van der Waals surface area contributed by atoms with Crippen LogP contribution in [-0.4, -0.2) is 48.7 Å². The molecule has 0 unspecified atom stereocenters. The first kappa shape index (κ1) is 16.5. The van der Waals surface area contributed by atoms with Crippen LogP contribution >= 0.6 is 11.8 Å². The summed E-state index contributed by atoms with van der Waals surface area (Å²) >= 11 is 1.90. The molecule has 2 rings (SSSR count). The van der Waals surface area contributed by atoms with Crippen LogP contribution in [0.25, 0.3) is 0 Å². The van der Waals surface area contributed by atoms with Gasteiger partial charge in [-0.2, -0.15) is 17.0 Å². The summed E-state index contributed by atoms with van der Waals surface area (Å²) in [5.41, 5.74) is 0.605. The van der Waals surface area contributed by atoms with Crippen molar-refractivity contribution >= 4 is 17.8 Å². The predicted molar refractivity (Wildman–Crippen MR) is 88.1 cm³/mol. The molecule has 0 aromatic heterocycles. The standard InChI is InChI=1S/C16H21N3O2S/c1-13-11-19(7-9-22-12-13)16(20)18-6-8-21-15-4-2-14(10-17)3-5-15/h2-5,13H,6-9,11-12H2,1H3,(H,18,20)/t13-/m1/s1. The number of ether oxygens (including phenoxy) is 1. The lowest BCUT2D eigenvalue weighted by atomic mass is 10.2. The lowest BCUT2D eigenvalue weighted by Gasteiger charge is -2.22. The molecule has 1 aliphatic rings. The number of nitrogens with one attached hydrogen (secondary N) is 1. The molecule has 1 aliphatic heterocycles. The fourth-order valence-electron chi connectivity index (χ4n) is 2.23. The Bertz CT molecular complexity index is 527. The number of amides is 2. The third kappa shape index (κ3) is 5.15. The van der Waals surface area contributed by atoms with Gasteiger partial charge in [0.25, 0.3) is 0 Å². The molecule has 1 aromatic carbocycles. The highest BCUT2D eigenvalue weighted by Crippen LogP contribution is 2.15. The number of carbonyl (C=O) groups excluding carboxylic acids is 1. The predicted octanol–water partition coefficient (Wildman–Crippen LogP) is 2.33. The monoisotopic (exact) mass is 319 g/mol. The normalized spacial score (nSPS) is 18.2. The van der Waals surface area contributed by atoms with Gasteiger partial charge in [0, 0.05) is 18.8 Å². The van der Waals surface area contributed by atoms with Gasteiger partial charge in [-0.25, -0.2) is 4.79 Å². The van der Waals surface area contributed by atoms with Gasteiger partial charge in [0.1, 0.15) is 12.4 Å². The number of thioether (sulfide) groups is 1. The maximum Gasteiger partial charge on any atom is 0.317 e. The Balaban J connectivity index is 1.69. The highest BCUT2D eigenvalue weighted by molar-refractivity contribution is 7.99. The van der Waals surface area contributed by atoms with E-state index in [4.69, 9.17) is 10.00 Å². The summed E-state index contributed by atoms with van der Waals surface area (Å²) in [5.74, 6) is 3.35. The maximum atomic E-state index is 12.1. The van der Waals surface area contributed by atoms with Gasteiger partial charge in [0.15, 0.2) is 0 Å². The first-order chi connectivity index (χ1) is 10.7. The number of urea groups is 1. The highest BCUT2D eigenvalue weighted by atomic mass is 32.2. The molecule has 0 spiro atoms. The van der Waals surface area contributed by atoms with E-state index in [-0.39, 0.29) is 6.03 Å². The van der Waals surface area contributed by atoms with Crippen LogP contribution in [0.4, 0.5) is 4.79 Å². The first-order valence-corrected chi connectivity index (χ1v) is 8.58. The Morgan fingerprint density at radius 3 is 3.00 bits per heavy atom. The van der Waals surface area contributed by atoms with Crippen LogP contribution in [0, 0.1) is 17.2 Å². The number of carbonyl (C=O) groups is 1. The zero-order valence-corrected chi connectivity index (χ0v) is 13.6. The molecular formula is C16H21N3O2S. The molecule has 0 radical (unpaired) electrons. The van der Waals surface area contributed by atoms with Gasteiger partial charge in [-0.1, -0.05) is 6.92 Å². The van der Waals surface area contributed by atoms with E-state index >= 15 is 0 Å². The number of benzene rings is 1. The van der Waals surface area contributed by atoms with Gasteiger partial charge in [-0.15, -0.1) is 0 Å². The zero-order chi connectivity index (χ0) is 15.8. The van der Waals surface area contributed by atoms with Crippen LogP contribution in [0.3, 0.4) is 0 Å². The molecule has 0 aliphatic carbocycles. The summed E-state index contributed by atoms with van der Waals surface area (Å²) in [6, 6.07) is 8.99. The number of hydrogen-bond donors (Lipinski definition) is 1. The third-order valence-electron chi connectivity index (χ3n) is 3.36. The summed E-state index contributed by atoms with van der Waals surface area (Å²) in [5, 5.41) is 11.6. The van der Waals surface area contributed by atoms with E-state index in [9.17, 15) is 4.79 Å². The topological polar surface area (TPSA) is 65.4 Å². The Morgan fingerprint density at radius 1 is 1.50 bits per heavy atom. The molecule has 1 heterocycles. The van der Waals surface area contributed by atoms with Crippen molar-refractivity contribution in [3.05, 3.63) is 29.8 Å². The van der Waals surface area contributed by atoms with Crippen LogP contribution < -0.4 is 10.1 Å². The number of hydrogen-bond acceptors (Lipinski definition) is 4.